The van der Waals surface area contributed by atoms with E-state index >= 15 is 0 Å². The number of rotatable bonds is 7. The van der Waals surface area contributed by atoms with E-state index in [1.54, 1.807) is 19.1 Å². The predicted molar refractivity (Wildman–Crippen MR) is 82.5 cm³/mol. The Morgan fingerprint density at radius 1 is 1.45 bits per heavy atom. The first-order valence-corrected chi connectivity index (χ1v) is 7.60. The molecule has 4 nitrogen and oxygen atoms in total. The van der Waals surface area contributed by atoms with Crippen LogP contribution in [0.3, 0.4) is 0 Å². The van der Waals surface area contributed by atoms with Crippen molar-refractivity contribution in [3.63, 3.8) is 0 Å². The number of hydrogen-bond acceptors (Lipinski definition) is 4. The van der Waals surface area contributed by atoms with Crippen LogP contribution in [0.4, 0.5) is 0 Å². The van der Waals surface area contributed by atoms with E-state index in [-0.39, 0.29) is 17.8 Å². The quantitative estimate of drug-likeness (QED) is 0.746. The number of phenolic OH excluding ortho intramolecular Hbond substituents is 1. The summed E-state index contributed by atoms with van der Waals surface area (Å²) in [6.07, 6.45) is 0.702. The summed E-state index contributed by atoms with van der Waals surface area (Å²) in [5.74, 6) is 0.358. The molecule has 0 fully saturated rings. The van der Waals surface area contributed by atoms with Gasteiger partial charge in [0.25, 0.3) is 0 Å². The first-order valence-electron chi connectivity index (χ1n) is 6.81. The summed E-state index contributed by atoms with van der Waals surface area (Å²) >= 11 is 3.37. The minimum atomic E-state index is -0.353. The van der Waals surface area contributed by atoms with E-state index in [0.717, 1.165) is 10.0 Å². The highest BCUT2D eigenvalue weighted by Crippen LogP contribution is 2.22. The maximum absolute atomic E-state index is 11.9. The second-order valence-corrected chi connectivity index (χ2v) is 6.00. The molecule has 1 aromatic rings. The van der Waals surface area contributed by atoms with Gasteiger partial charge in [0, 0.05) is 16.6 Å². The Kier molecular flexibility index (Phi) is 7.02. The van der Waals surface area contributed by atoms with Crippen molar-refractivity contribution in [1.82, 2.24) is 5.32 Å². The van der Waals surface area contributed by atoms with Crippen molar-refractivity contribution < 1.29 is 14.6 Å². The Bertz CT molecular complexity index is 449. The van der Waals surface area contributed by atoms with Gasteiger partial charge in [0.05, 0.1) is 6.61 Å². The van der Waals surface area contributed by atoms with Gasteiger partial charge >= 0.3 is 5.97 Å². The molecule has 0 aromatic heterocycles. The second-order valence-electron chi connectivity index (χ2n) is 5.09. The van der Waals surface area contributed by atoms with Gasteiger partial charge < -0.3 is 15.2 Å². The molecule has 0 saturated heterocycles. The fraction of sp³-hybridized carbons (Fsp3) is 0.533. The zero-order valence-electron chi connectivity index (χ0n) is 12.1. The number of phenols is 1. The predicted octanol–water partition coefficient (Wildman–Crippen LogP) is 3.22. The molecule has 2 N–H and O–H groups in total. The number of benzene rings is 1. The van der Waals surface area contributed by atoms with Gasteiger partial charge in [-0.05, 0) is 37.5 Å². The number of aromatic hydroxyl groups is 1. The number of ether oxygens (including phenoxy) is 1. The first-order chi connectivity index (χ1) is 9.43. The summed E-state index contributed by atoms with van der Waals surface area (Å²) in [6, 6.07) is 4.88. The van der Waals surface area contributed by atoms with Crippen LogP contribution in [-0.4, -0.2) is 23.7 Å². The third kappa shape index (κ3) is 5.51. The molecule has 0 aliphatic carbocycles. The van der Waals surface area contributed by atoms with Gasteiger partial charge in [-0.2, -0.15) is 0 Å². The van der Waals surface area contributed by atoms with E-state index in [4.69, 9.17) is 4.74 Å². The summed E-state index contributed by atoms with van der Waals surface area (Å²) in [4.78, 5) is 11.9. The van der Waals surface area contributed by atoms with Crippen LogP contribution in [0.5, 0.6) is 5.75 Å². The standard InChI is InChI=1S/C15H22BrNO3/c1-4-20-15(19)13(7-10(2)3)17-9-11-8-12(16)5-6-14(11)18/h5-6,8,10,13,17-18H,4,7,9H2,1-3H3/t13-/m0/s1. The Morgan fingerprint density at radius 3 is 2.75 bits per heavy atom. The smallest absolute Gasteiger partial charge is 0.323 e. The number of carbonyl (C=O) groups excluding carboxylic acids is 1. The maximum atomic E-state index is 11.9. The van der Waals surface area contributed by atoms with Crippen LogP contribution in [0.15, 0.2) is 22.7 Å². The summed E-state index contributed by atoms with van der Waals surface area (Å²) in [7, 11) is 0. The number of esters is 1. The molecule has 0 heterocycles. The second kappa shape index (κ2) is 8.27. The number of carbonyl (C=O) groups is 1. The van der Waals surface area contributed by atoms with Gasteiger partial charge in [-0.15, -0.1) is 0 Å². The summed E-state index contributed by atoms with van der Waals surface area (Å²) in [5, 5.41) is 13.0. The molecule has 0 bridgehead atoms. The van der Waals surface area contributed by atoms with Crippen molar-refractivity contribution in [2.45, 2.75) is 39.8 Å². The molecule has 112 valence electrons. The highest BCUT2D eigenvalue weighted by molar-refractivity contribution is 9.10. The topological polar surface area (TPSA) is 58.6 Å². The molecule has 0 saturated carbocycles. The molecule has 0 unspecified atom stereocenters. The van der Waals surface area contributed by atoms with Crippen LogP contribution in [0.25, 0.3) is 0 Å². The van der Waals surface area contributed by atoms with Crippen molar-refractivity contribution in [3.05, 3.63) is 28.2 Å². The zero-order valence-corrected chi connectivity index (χ0v) is 13.7. The van der Waals surface area contributed by atoms with E-state index in [9.17, 15) is 9.90 Å². The third-order valence-electron chi connectivity index (χ3n) is 2.86. The molecule has 0 aliphatic rings. The molecule has 0 aliphatic heterocycles. The average molecular weight is 344 g/mol. The Labute approximate surface area is 128 Å². The van der Waals surface area contributed by atoms with Crippen molar-refractivity contribution >= 4 is 21.9 Å². The van der Waals surface area contributed by atoms with E-state index in [1.807, 2.05) is 6.07 Å². The fourth-order valence-corrected chi connectivity index (χ4v) is 2.31. The molecule has 0 radical (unpaired) electrons. The van der Waals surface area contributed by atoms with Crippen LogP contribution in [0.1, 0.15) is 32.8 Å². The lowest BCUT2D eigenvalue weighted by molar-refractivity contribution is -0.146. The SMILES string of the molecule is CCOC(=O)[C@H](CC(C)C)NCc1cc(Br)ccc1O. The monoisotopic (exact) mass is 343 g/mol. The lowest BCUT2D eigenvalue weighted by Crippen LogP contribution is -2.38. The molecule has 0 spiro atoms. The highest BCUT2D eigenvalue weighted by atomic mass is 79.9. The Hall–Kier alpha value is -1.07. The van der Waals surface area contributed by atoms with E-state index in [1.165, 1.54) is 0 Å². The number of hydrogen-bond donors (Lipinski definition) is 2. The number of nitrogens with one attached hydrogen (secondary N) is 1. The molecular formula is C15H22BrNO3. The van der Waals surface area contributed by atoms with Gasteiger partial charge in [0.15, 0.2) is 0 Å². The van der Waals surface area contributed by atoms with Crippen LogP contribution in [-0.2, 0) is 16.1 Å². The lowest BCUT2D eigenvalue weighted by atomic mass is 10.0. The Morgan fingerprint density at radius 2 is 2.15 bits per heavy atom. The highest BCUT2D eigenvalue weighted by Gasteiger charge is 2.20. The van der Waals surface area contributed by atoms with Gasteiger partial charge in [-0.25, -0.2) is 0 Å². The van der Waals surface area contributed by atoms with E-state index in [2.05, 4.69) is 35.1 Å². The molecule has 20 heavy (non-hydrogen) atoms. The minimum Gasteiger partial charge on any atom is -0.508 e. The molecule has 1 aromatic carbocycles. The first kappa shape index (κ1) is 17.0. The van der Waals surface area contributed by atoms with Gasteiger partial charge in [-0.1, -0.05) is 29.8 Å². The van der Waals surface area contributed by atoms with Crippen molar-refractivity contribution in [1.29, 1.82) is 0 Å². The van der Waals surface area contributed by atoms with Crippen LogP contribution < -0.4 is 5.32 Å². The van der Waals surface area contributed by atoms with Gasteiger partial charge in [-0.3, -0.25) is 4.79 Å². The van der Waals surface area contributed by atoms with Gasteiger partial charge in [0.2, 0.25) is 0 Å². The largest absolute Gasteiger partial charge is 0.508 e. The fourth-order valence-electron chi connectivity index (χ4n) is 1.91. The number of halogens is 1. The average Bonchev–Trinajstić information content (AvgIpc) is 2.38. The van der Waals surface area contributed by atoms with Crippen LogP contribution in [0, 0.1) is 5.92 Å². The molecule has 5 heteroatoms. The van der Waals surface area contributed by atoms with Gasteiger partial charge in [0.1, 0.15) is 11.8 Å². The Balaban J connectivity index is 2.70. The normalized spacial score (nSPS) is 12.4. The van der Waals surface area contributed by atoms with Crippen molar-refractivity contribution in [2.24, 2.45) is 5.92 Å². The van der Waals surface area contributed by atoms with Crippen LogP contribution in [0.2, 0.25) is 0 Å². The third-order valence-corrected chi connectivity index (χ3v) is 3.35. The zero-order chi connectivity index (χ0) is 15.1. The molecule has 1 rings (SSSR count). The molecule has 0 amide bonds. The summed E-state index contributed by atoms with van der Waals surface area (Å²) in [5.41, 5.74) is 0.748. The maximum Gasteiger partial charge on any atom is 0.323 e. The summed E-state index contributed by atoms with van der Waals surface area (Å²) < 4.78 is 5.97. The van der Waals surface area contributed by atoms with E-state index in [0.29, 0.717) is 25.5 Å². The molecule has 1 atom stereocenters. The minimum absolute atomic E-state index is 0.216. The summed E-state index contributed by atoms with van der Waals surface area (Å²) in [6.45, 7) is 6.71. The lowest BCUT2D eigenvalue weighted by Gasteiger charge is -2.19. The van der Waals surface area contributed by atoms with Crippen LogP contribution >= 0.6 is 15.9 Å². The van der Waals surface area contributed by atoms with Crippen molar-refractivity contribution in [2.75, 3.05) is 6.61 Å². The van der Waals surface area contributed by atoms with Crippen molar-refractivity contribution in [3.8, 4) is 5.75 Å². The van der Waals surface area contributed by atoms with E-state index < -0.39 is 0 Å². The molecular weight excluding hydrogens is 322 g/mol.